The first-order valence-corrected chi connectivity index (χ1v) is 7.65. The van der Waals surface area contributed by atoms with E-state index in [2.05, 4.69) is 5.32 Å². The minimum Gasteiger partial charge on any atom is -0.321 e. The van der Waals surface area contributed by atoms with Crippen molar-refractivity contribution in [1.82, 2.24) is 9.13 Å². The normalized spacial score (nSPS) is 11.3. The third kappa shape index (κ3) is 3.08. The second-order valence-electron chi connectivity index (χ2n) is 5.64. The number of carbonyl (C=O) groups excluding carboxylic acids is 1. The van der Waals surface area contributed by atoms with Gasteiger partial charge >= 0.3 is 5.69 Å². The molecule has 6 nitrogen and oxygen atoms in total. The van der Waals surface area contributed by atoms with Crippen molar-refractivity contribution < 1.29 is 4.79 Å². The highest BCUT2D eigenvalue weighted by Crippen LogP contribution is 2.17. The van der Waals surface area contributed by atoms with Gasteiger partial charge < -0.3 is 5.32 Å². The zero-order valence-corrected chi connectivity index (χ0v) is 13.9. The Morgan fingerprint density at radius 2 is 1.76 bits per heavy atom. The third-order valence-corrected chi connectivity index (χ3v) is 4.00. The molecule has 0 saturated carbocycles. The molecule has 0 bridgehead atoms. The number of aryl methyl sites for hydroxylation is 2. The molecule has 124 valence electrons. The summed E-state index contributed by atoms with van der Waals surface area (Å²) in [4.78, 5) is 24.3. The first kappa shape index (κ1) is 16.3. The Kier molecular flexibility index (Phi) is 4.23. The first-order chi connectivity index (χ1) is 12.0. The molecule has 0 spiro atoms. The zero-order valence-electron chi connectivity index (χ0n) is 13.9. The molecule has 0 aliphatic heterocycles. The maximum absolute atomic E-state index is 12.3. The molecule has 25 heavy (non-hydrogen) atoms. The van der Waals surface area contributed by atoms with E-state index >= 15 is 0 Å². The van der Waals surface area contributed by atoms with Crippen LogP contribution < -0.4 is 11.0 Å². The molecule has 1 amide bonds. The Hall–Kier alpha value is -3.59. The van der Waals surface area contributed by atoms with E-state index in [9.17, 15) is 14.9 Å². The minimum absolute atomic E-state index is 0.0101. The predicted molar refractivity (Wildman–Crippen MR) is 96.8 cm³/mol. The van der Waals surface area contributed by atoms with E-state index in [1.54, 1.807) is 61.1 Å². The van der Waals surface area contributed by atoms with Gasteiger partial charge in [0, 0.05) is 19.8 Å². The molecular weight excluding hydrogens is 316 g/mol. The topological polar surface area (TPSA) is 79.8 Å². The highest BCUT2D eigenvalue weighted by Gasteiger charge is 2.11. The first-order valence-electron chi connectivity index (χ1n) is 7.65. The Morgan fingerprint density at radius 1 is 1.08 bits per heavy atom. The van der Waals surface area contributed by atoms with Crippen molar-refractivity contribution in [2.75, 3.05) is 5.32 Å². The van der Waals surface area contributed by atoms with Gasteiger partial charge in [-0.2, -0.15) is 5.26 Å². The molecule has 3 rings (SSSR count). The fraction of sp³-hybridized carbons (Fsp3) is 0.105. The van der Waals surface area contributed by atoms with E-state index in [1.165, 1.54) is 10.6 Å². The molecule has 6 heteroatoms. The highest BCUT2D eigenvalue weighted by molar-refractivity contribution is 6.09. The van der Waals surface area contributed by atoms with Gasteiger partial charge in [0.25, 0.3) is 5.91 Å². The van der Waals surface area contributed by atoms with E-state index in [-0.39, 0.29) is 11.3 Å². The number of hydrogen-bond acceptors (Lipinski definition) is 3. The molecule has 0 saturated heterocycles. The van der Waals surface area contributed by atoms with Crippen molar-refractivity contribution in [2.45, 2.75) is 0 Å². The fourth-order valence-electron chi connectivity index (χ4n) is 2.65. The third-order valence-electron chi connectivity index (χ3n) is 4.00. The van der Waals surface area contributed by atoms with Crippen LogP contribution in [0, 0.1) is 11.3 Å². The smallest absolute Gasteiger partial charge is 0.321 e. The SMILES string of the molecule is Cn1c(=O)n(C)c2cc(/C=C(\C#N)C(=O)Nc3ccccc3)ccc21. The fourth-order valence-corrected chi connectivity index (χ4v) is 2.65. The standard InChI is InChI=1S/C19H16N4O2/c1-22-16-9-8-13(11-17(16)23(2)19(22)25)10-14(12-20)18(24)21-15-6-4-3-5-7-15/h3-11H,1-2H3,(H,21,24)/b14-10+. The second-order valence-corrected chi connectivity index (χ2v) is 5.64. The molecule has 0 radical (unpaired) electrons. The Labute approximate surface area is 144 Å². The lowest BCUT2D eigenvalue weighted by Gasteiger charge is -2.04. The number of para-hydroxylation sites is 1. The van der Waals surface area contributed by atoms with Gasteiger partial charge in [0.05, 0.1) is 11.0 Å². The molecule has 0 fully saturated rings. The summed E-state index contributed by atoms with van der Waals surface area (Å²) in [5, 5.41) is 12.0. The van der Waals surface area contributed by atoms with E-state index in [0.29, 0.717) is 11.3 Å². The summed E-state index contributed by atoms with van der Waals surface area (Å²) >= 11 is 0. The van der Waals surface area contributed by atoms with Gasteiger partial charge in [-0.05, 0) is 35.9 Å². The van der Waals surface area contributed by atoms with Crippen LogP contribution in [-0.2, 0) is 18.9 Å². The van der Waals surface area contributed by atoms with Crippen molar-refractivity contribution in [3.63, 3.8) is 0 Å². The van der Waals surface area contributed by atoms with E-state index in [4.69, 9.17) is 0 Å². The van der Waals surface area contributed by atoms with Gasteiger partial charge in [-0.3, -0.25) is 13.9 Å². The van der Waals surface area contributed by atoms with Crippen LogP contribution in [-0.4, -0.2) is 15.0 Å². The molecule has 3 aromatic rings. The average Bonchev–Trinajstić information content (AvgIpc) is 2.84. The van der Waals surface area contributed by atoms with Crippen LogP contribution in [0.4, 0.5) is 5.69 Å². The molecule has 1 heterocycles. The maximum atomic E-state index is 12.3. The summed E-state index contributed by atoms with van der Waals surface area (Å²) < 4.78 is 3.08. The number of rotatable bonds is 3. The summed E-state index contributed by atoms with van der Waals surface area (Å²) in [6.07, 6.45) is 1.51. The molecule has 0 aliphatic carbocycles. The van der Waals surface area contributed by atoms with Crippen molar-refractivity contribution in [3.8, 4) is 6.07 Å². The van der Waals surface area contributed by atoms with E-state index in [0.717, 1.165) is 11.0 Å². The monoisotopic (exact) mass is 332 g/mol. The van der Waals surface area contributed by atoms with Crippen LogP contribution in [0.5, 0.6) is 0 Å². The van der Waals surface area contributed by atoms with Crippen LogP contribution in [0.3, 0.4) is 0 Å². The van der Waals surface area contributed by atoms with Gasteiger partial charge in [-0.1, -0.05) is 24.3 Å². The quantitative estimate of drug-likeness (QED) is 0.591. The maximum Gasteiger partial charge on any atom is 0.328 e. The molecule has 1 N–H and O–H groups in total. The van der Waals surface area contributed by atoms with Gasteiger partial charge in [-0.25, -0.2) is 4.79 Å². The van der Waals surface area contributed by atoms with Gasteiger partial charge in [0.15, 0.2) is 0 Å². The van der Waals surface area contributed by atoms with E-state index < -0.39 is 5.91 Å². The number of hydrogen-bond donors (Lipinski definition) is 1. The number of anilines is 1. The minimum atomic E-state index is -0.476. The number of amides is 1. The lowest BCUT2D eigenvalue weighted by molar-refractivity contribution is -0.112. The number of aromatic nitrogens is 2. The molecular formula is C19H16N4O2. The average molecular weight is 332 g/mol. The number of fused-ring (bicyclic) bond motifs is 1. The number of nitrogens with one attached hydrogen (secondary N) is 1. The van der Waals surface area contributed by atoms with Crippen LogP contribution in [0.1, 0.15) is 5.56 Å². The number of imidazole rings is 1. The van der Waals surface area contributed by atoms with E-state index in [1.807, 2.05) is 12.1 Å². The van der Waals surface area contributed by atoms with Crippen molar-refractivity contribution in [3.05, 3.63) is 70.2 Å². The van der Waals surface area contributed by atoms with Crippen molar-refractivity contribution in [1.29, 1.82) is 5.26 Å². The van der Waals surface area contributed by atoms with Crippen LogP contribution in [0.15, 0.2) is 58.9 Å². The van der Waals surface area contributed by atoms with Gasteiger partial charge in [-0.15, -0.1) is 0 Å². The molecule has 0 aliphatic rings. The summed E-state index contributed by atoms with van der Waals surface area (Å²) in [5.74, 6) is -0.476. The molecule has 1 aromatic heterocycles. The molecule has 0 unspecified atom stereocenters. The summed E-state index contributed by atoms with van der Waals surface area (Å²) in [6, 6.07) is 16.2. The lowest BCUT2D eigenvalue weighted by atomic mass is 10.1. The molecule has 2 aromatic carbocycles. The van der Waals surface area contributed by atoms with Crippen molar-refractivity contribution >= 4 is 28.7 Å². The lowest BCUT2D eigenvalue weighted by Crippen LogP contribution is -2.19. The number of carbonyl (C=O) groups is 1. The summed E-state index contributed by atoms with van der Waals surface area (Å²) in [7, 11) is 3.39. The van der Waals surface area contributed by atoms with Crippen molar-refractivity contribution in [2.24, 2.45) is 14.1 Å². The largest absolute Gasteiger partial charge is 0.328 e. The zero-order chi connectivity index (χ0) is 18.0. The van der Waals surface area contributed by atoms with Crippen LogP contribution in [0.2, 0.25) is 0 Å². The Balaban J connectivity index is 1.96. The molecule has 0 atom stereocenters. The van der Waals surface area contributed by atoms with Gasteiger partial charge in [0.2, 0.25) is 0 Å². The second kappa shape index (κ2) is 6.49. The Bertz CT molecular complexity index is 1080. The number of benzene rings is 2. The predicted octanol–water partition coefficient (Wildman–Crippen LogP) is 2.42. The Morgan fingerprint density at radius 3 is 2.44 bits per heavy atom. The van der Waals surface area contributed by atoms with Crippen LogP contribution >= 0.6 is 0 Å². The number of nitrogens with zero attached hydrogens (tertiary/aromatic N) is 3. The summed E-state index contributed by atoms with van der Waals surface area (Å²) in [6.45, 7) is 0. The van der Waals surface area contributed by atoms with Gasteiger partial charge in [0.1, 0.15) is 11.6 Å². The number of nitriles is 1. The van der Waals surface area contributed by atoms with Crippen LogP contribution in [0.25, 0.3) is 17.1 Å². The summed E-state index contributed by atoms with van der Waals surface area (Å²) in [5.41, 5.74) is 2.68. The highest BCUT2D eigenvalue weighted by atomic mass is 16.2.